The average molecular weight is 347 g/mol. The molecule has 0 unspecified atom stereocenters. The summed E-state index contributed by atoms with van der Waals surface area (Å²) >= 11 is 0. The van der Waals surface area contributed by atoms with Crippen LogP contribution in [0.25, 0.3) is 0 Å². The Bertz CT molecular complexity index is 926. The highest BCUT2D eigenvalue weighted by molar-refractivity contribution is 6.06. The number of nitrogens with two attached hydrogens (primary N) is 1. The first-order valence-electron chi connectivity index (χ1n) is 7.91. The average Bonchev–Trinajstić information content (AvgIpc) is 2.64. The summed E-state index contributed by atoms with van der Waals surface area (Å²) in [5, 5.41) is 5.26. The highest BCUT2D eigenvalue weighted by atomic mass is 16.5. The normalized spacial score (nSPS) is 10.0. The second kappa shape index (κ2) is 7.85. The standard InChI is InChI=1S/C20H17N3O3/c21-20(25)22-15-8-6-7-14(13-15)19(24)23-17-11-4-5-12-18(17)26-16-9-2-1-3-10-16/h1-13H,(H,23,24)(H3,21,22,25). The molecule has 6 heteroatoms. The molecule has 0 bridgehead atoms. The molecule has 0 aliphatic rings. The maximum atomic E-state index is 12.5. The van der Waals surface area contributed by atoms with E-state index < -0.39 is 6.03 Å². The fourth-order valence-corrected chi connectivity index (χ4v) is 2.35. The molecule has 0 aliphatic heterocycles. The number of hydrogen-bond acceptors (Lipinski definition) is 3. The second-order valence-corrected chi connectivity index (χ2v) is 5.44. The SMILES string of the molecule is NC(=O)Nc1cccc(C(=O)Nc2ccccc2Oc2ccccc2)c1. The zero-order valence-electron chi connectivity index (χ0n) is 13.8. The van der Waals surface area contributed by atoms with Gasteiger partial charge in [-0.2, -0.15) is 0 Å². The van der Waals surface area contributed by atoms with Gasteiger partial charge in [0, 0.05) is 11.3 Å². The molecule has 3 amide bonds. The summed E-state index contributed by atoms with van der Waals surface area (Å²) < 4.78 is 5.83. The van der Waals surface area contributed by atoms with Crippen molar-refractivity contribution in [3.05, 3.63) is 84.4 Å². The monoisotopic (exact) mass is 347 g/mol. The van der Waals surface area contributed by atoms with Crippen molar-refractivity contribution in [2.45, 2.75) is 0 Å². The molecule has 3 aromatic carbocycles. The second-order valence-electron chi connectivity index (χ2n) is 5.44. The van der Waals surface area contributed by atoms with E-state index in [0.717, 1.165) is 0 Å². The van der Waals surface area contributed by atoms with E-state index in [-0.39, 0.29) is 5.91 Å². The number of urea groups is 1. The number of benzene rings is 3. The van der Waals surface area contributed by atoms with Crippen molar-refractivity contribution >= 4 is 23.3 Å². The number of nitrogens with one attached hydrogen (secondary N) is 2. The summed E-state index contributed by atoms with van der Waals surface area (Å²) in [7, 11) is 0. The van der Waals surface area contributed by atoms with Gasteiger partial charge < -0.3 is 21.1 Å². The van der Waals surface area contributed by atoms with Crippen LogP contribution >= 0.6 is 0 Å². The largest absolute Gasteiger partial charge is 0.455 e. The van der Waals surface area contributed by atoms with E-state index in [0.29, 0.717) is 28.4 Å². The number of hydrogen-bond donors (Lipinski definition) is 3. The maximum Gasteiger partial charge on any atom is 0.316 e. The number of anilines is 2. The lowest BCUT2D eigenvalue weighted by Gasteiger charge is -2.12. The van der Waals surface area contributed by atoms with Crippen molar-refractivity contribution in [2.75, 3.05) is 10.6 Å². The van der Waals surface area contributed by atoms with Gasteiger partial charge in [-0.15, -0.1) is 0 Å². The Morgan fingerprint density at radius 2 is 1.54 bits per heavy atom. The van der Waals surface area contributed by atoms with Gasteiger partial charge in [0.2, 0.25) is 0 Å². The summed E-state index contributed by atoms with van der Waals surface area (Å²) in [6, 6.07) is 22.2. The van der Waals surface area contributed by atoms with Gasteiger partial charge in [-0.25, -0.2) is 4.79 Å². The summed E-state index contributed by atoms with van der Waals surface area (Å²) in [5.74, 6) is 0.863. The van der Waals surface area contributed by atoms with Crippen LogP contribution in [0.5, 0.6) is 11.5 Å². The highest BCUT2D eigenvalue weighted by Crippen LogP contribution is 2.29. The van der Waals surface area contributed by atoms with Crippen LogP contribution in [0.1, 0.15) is 10.4 Å². The third-order valence-electron chi connectivity index (χ3n) is 3.50. The molecule has 3 aromatic rings. The molecule has 0 aliphatic carbocycles. The lowest BCUT2D eigenvalue weighted by atomic mass is 10.1. The van der Waals surface area contributed by atoms with E-state index in [1.807, 2.05) is 36.4 Å². The molecule has 0 heterocycles. The number of carbonyl (C=O) groups is 2. The van der Waals surface area contributed by atoms with Crippen molar-refractivity contribution in [2.24, 2.45) is 5.73 Å². The molecule has 4 N–H and O–H groups in total. The molecule has 130 valence electrons. The van der Waals surface area contributed by atoms with Gasteiger partial charge in [0.15, 0.2) is 5.75 Å². The smallest absolute Gasteiger partial charge is 0.316 e. The predicted octanol–water partition coefficient (Wildman–Crippen LogP) is 4.22. The Kier molecular flexibility index (Phi) is 5.14. The Morgan fingerprint density at radius 3 is 2.31 bits per heavy atom. The Morgan fingerprint density at radius 1 is 0.808 bits per heavy atom. The molecule has 0 radical (unpaired) electrons. The number of amides is 3. The van der Waals surface area contributed by atoms with Crippen molar-refractivity contribution < 1.29 is 14.3 Å². The zero-order valence-corrected chi connectivity index (χ0v) is 13.8. The van der Waals surface area contributed by atoms with Crippen LogP contribution in [0.3, 0.4) is 0 Å². The number of rotatable bonds is 5. The minimum absolute atomic E-state index is 0.331. The van der Waals surface area contributed by atoms with Crippen LogP contribution in [0.2, 0.25) is 0 Å². The lowest BCUT2D eigenvalue weighted by molar-refractivity contribution is 0.102. The van der Waals surface area contributed by atoms with E-state index in [9.17, 15) is 9.59 Å². The van der Waals surface area contributed by atoms with E-state index in [1.165, 1.54) is 0 Å². The van der Waals surface area contributed by atoms with Crippen LogP contribution in [0.15, 0.2) is 78.9 Å². The summed E-state index contributed by atoms with van der Waals surface area (Å²) in [6.45, 7) is 0. The molecule has 26 heavy (non-hydrogen) atoms. The Labute approximate surface area is 150 Å². The summed E-state index contributed by atoms with van der Waals surface area (Å²) in [4.78, 5) is 23.5. The molecule has 3 rings (SSSR count). The number of ether oxygens (including phenoxy) is 1. The molecular formula is C20H17N3O3. The van der Waals surface area contributed by atoms with E-state index in [4.69, 9.17) is 10.5 Å². The highest BCUT2D eigenvalue weighted by Gasteiger charge is 2.11. The number of para-hydroxylation sites is 3. The topological polar surface area (TPSA) is 93.5 Å². The predicted molar refractivity (Wildman–Crippen MR) is 101 cm³/mol. The first kappa shape index (κ1) is 17.0. The van der Waals surface area contributed by atoms with Crippen LogP contribution in [-0.4, -0.2) is 11.9 Å². The third kappa shape index (κ3) is 4.39. The number of carbonyl (C=O) groups excluding carboxylic acids is 2. The third-order valence-corrected chi connectivity index (χ3v) is 3.50. The number of primary amides is 1. The van der Waals surface area contributed by atoms with Crippen molar-refractivity contribution in [3.8, 4) is 11.5 Å². The molecular weight excluding hydrogens is 330 g/mol. The van der Waals surface area contributed by atoms with Gasteiger partial charge in [0.1, 0.15) is 5.75 Å². The first-order chi connectivity index (χ1) is 12.6. The quantitative estimate of drug-likeness (QED) is 0.645. The van der Waals surface area contributed by atoms with Crippen LogP contribution < -0.4 is 21.1 Å². The molecule has 6 nitrogen and oxygen atoms in total. The van der Waals surface area contributed by atoms with Crippen molar-refractivity contribution in [1.82, 2.24) is 0 Å². The van der Waals surface area contributed by atoms with E-state index in [2.05, 4.69) is 10.6 Å². The van der Waals surface area contributed by atoms with Gasteiger partial charge >= 0.3 is 6.03 Å². The van der Waals surface area contributed by atoms with Crippen LogP contribution in [-0.2, 0) is 0 Å². The Balaban J connectivity index is 1.79. The molecule has 0 aromatic heterocycles. The van der Waals surface area contributed by atoms with Gasteiger partial charge in [-0.1, -0.05) is 36.4 Å². The molecule has 0 atom stereocenters. The minimum Gasteiger partial charge on any atom is -0.455 e. The summed E-state index contributed by atoms with van der Waals surface area (Å²) in [5.41, 5.74) is 6.46. The fourth-order valence-electron chi connectivity index (χ4n) is 2.35. The Hall–Kier alpha value is -3.80. The lowest BCUT2D eigenvalue weighted by Crippen LogP contribution is -2.20. The molecule has 0 saturated carbocycles. The fraction of sp³-hybridized carbons (Fsp3) is 0. The summed E-state index contributed by atoms with van der Waals surface area (Å²) in [6.07, 6.45) is 0. The van der Waals surface area contributed by atoms with Crippen LogP contribution in [0, 0.1) is 0 Å². The van der Waals surface area contributed by atoms with Crippen LogP contribution in [0.4, 0.5) is 16.2 Å². The van der Waals surface area contributed by atoms with Gasteiger partial charge in [-0.05, 0) is 42.5 Å². The van der Waals surface area contributed by atoms with Crippen molar-refractivity contribution in [3.63, 3.8) is 0 Å². The zero-order chi connectivity index (χ0) is 18.4. The molecule has 0 fully saturated rings. The van der Waals surface area contributed by atoms with Gasteiger partial charge in [0.25, 0.3) is 5.91 Å². The van der Waals surface area contributed by atoms with E-state index >= 15 is 0 Å². The van der Waals surface area contributed by atoms with Gasteiger partial charge in [-0.3, -0.25) is 4.79 Å². The maximum absolute atomic E-state index is 12.5. The first-order valence-corrected chi connectivity index (χ1v) is 7.91. The molecule has 0 spiro atoms. The minimum atomic E-state index is -0.691. The van der Waals surface area contributed by atoms with E-state index in [1.54, 1.807) is 42.5 Å². The van der Waals surface area contributed by atoms with Gasteiger partial charge in [0.05, 0.1) is 5.69 Å². The molecule has 0 saturated heterocycles. The van der Waals surface area contributed by atoms with Crippen molar-refractivity contribution in [1.29, 1.82) is 0 Å².